The number of carbonyl (C=O) groups excluding carboxylic acids is 1. The van der Waals surface area contributed by atoms with Gasteiger partial charge in [0.2, 0.25) is 0 Å². The number of halogens is 1. The summed E-state index contributed by atoms with van der Waals surface area (Å²) in [7, 11) is 1.94. The summed E-state index contributed by atoms with van der Waals surface area (Å²) in [6.45, 7) is 9.01. The molecule has 1 amide bonds. The summed E-state index contributed by atoms with van der Waals surface area (Å²) >= 11 is 6.07. The number of nitrogens with zero attached hydrogens (tertiary/aromatic N) is 2. The summed E-state index contributed by atoms with van der Waals surface area (Å²) < 4.78 is 7.82. The minimum absolute atomic E-state index is 0.0421. The van der Waals surface area contributed by atoms with E-state index in [0.717, 1.165) is 29.9 Å². The van der Waals surface area contributed by atoms with Crippen LogP contribution in [-0.4, -0.2) is 47.2 Å². The average molecular weight is 390 g/mol. The van der Waals surface area contributed by atoms with Crippen molar-refractivity contribution in [1.29, 1.82) is 0 Å². The van der Waals surface area contributed by atoms with Crippen LogP contribution in [0, 0.1) is 6.92 Å². The van der Waals surface area contributed by atoms with Gasteiger partial charge in [-0.05, 0) is 44.5 Å². The first-order valence-electron chi connectivity index (χ1n) is 9.30. The van der Waals surface area contributed by atoms with Crippen molar-refractivity contribution >= 4 is 17.5 Å². The Bertz CT molecular complexity index is 798. The Balaban J connectivity index is 1.78. The second kappa shape index (κ2) is 8.05. The highest BCUT2D eigenvalue weighted by atomic mass is 35.5. The number of amides is 1. The van der Waals surface area contributed by atoms with E-state index in [0.29, 0.717) is 18.2 Å². The smallest absolute Gasteiger partial charge is 0.253 e. The molecular weight excluding hydrogens is 362 g/mol. The highest BCUT2D eigenvalue weighted by molar-refractivity contribution is 6.30. The number of aromatic nitrogens is 1. The number of hydrogen-bond acceptors (Lipinski definition) is 3. The molecule has 1 atom stereocenters. The number of carbonyl (C=O) groups is 1. The molecule has 5 nitrogen and oxygen atoms in total. The molecule has 2 heterocycles. The summed E-state index contributed by atoms with van der Waals surface area (Å²) in [5.74, 6) is -0.0421. The zero-order valence-corrected chi connectivity index (χ0v) is 17.2. The third-order valence-electron chi connectivity index (χ3n) is 5.23. The SMILES string of the molecule is Cc1c(C(=O)NCC(c2ccc(Cl)cc2)N2CCOC(C)(C)C2)ccn1C. The van der Waals surface area contributed by atoms with Gasteiger partial charge in [0.1, 0.15) is 0 Å². The Morgan fingerprint density at radius 3 is 2.59 bits per heavy atom. The number of nitrogens with one attached hydrogen (secondary N) is 1. The van der Waals surface area contributed by atoms with E-state index in [2.05, 4.69) is 24.1 Å². The fourth-order valence-electron chi connectivity index (χ4n) is 3.60. The van der Waals surface area contributed by atoms with Crippen molar-refractivity contribution in [2.24, 2.45) is 7.05 Å². The van der Waals surface area contributed by atoms with E-state index in [4.69, 9.17) is 16.3 Å². The van der Waals surface area contributed by atoms with E-state index in [9.17, 15) is 4.79 Å². The molecule has 1 aliphatic heterocycles. The maximum absolute atomic E-state index is 12.7. The quantitative estimate of drug-likeness (QED) is 0.850. The number of rotatable bonds is 5. The predicted octanol–water partition coefficient (Wildman–Crippen LogP) is 3.57. The van der Waals surface area contributed by atoms with Gasteiger partial charge in [-0.1, -0.05) is 23.7 Å². The molecule has 1 aromatic heterocycles. The summed E-state index contributed by atoms with van der Waals surface area (Å²) in [6, 6.07) is 9.81. The number of ether oxygens (including phenoxy) is 1. The van der Waals surface area contributed by atoms with Crippen molar-refractivity contribution in [1.82, 2.24) is 14.8 Å². The lowest BCUT2D eigenvalue weighted by molar-refractivity contribution is -0.0972. The number of benzene rings is 1. The molecule has 3 rings (SSSR count). The lowest BCUT2D eigenvalue weighted by Crippen LogP contribution is -2.51. The van der Waals surface area contributed by atoms with Crippen LogP contribution in [0.2, 0.25) is 5.02 Å². The maximum atomic E-state index is 12.7. The molecule has 0 spiro atoms. The minimum Gasteiger partial charge on any atom is -0.373 e. The number of morpholine rings is 1. The van der Waals surface area contributed by atoms with Crippen LogP contribution in [0.15, 0.2) is 36.5 Å². The van der Waals surface area contributed by atoms with Crippen molar-refractivity contribution in [3.8, 4) is 0 Å². The van der Waals surface area contributed by atoms with Crippen molar-refractivity contribution in [2.45, 2.75) is 32.4 Å². The van der Waals surface area contributed by atoms with Gasteiger partial charge >= 0.3 is 0 Å². The van der Waals surface area contributed by atoms with E-state index < -0.39 is 0 Å². The third kappa shape index (κ3) is 4.72. The molecule has 1 unspecified atom stereocenters. The van der Waals surface area contributed by atoms with E-state index in [1.165, 1.54) is 0 Å². The normalized spacial score (nSPS) is 18.3. The van der Waals surface area contributed by atoms with Gasteiger partial charge in [-0.15, -0.1) is 0 Å². The van der Waals surface area contributed by atoms with Crippen LogP contribution in [0.4, 0.5) is 0 Å². The van der Waals surface area contributed by atoms with Crippen LogP contribution < -0.4 is 5.32 Å². The number of aryl methyl sites for hydroxylation is 1. The molecule has 0 aliphatic carbocycles. The molecule has 2 aromatic rings. The van der Waals surface area contributed by atoms with Gasteiger partial charge in [-0.25, -0.2) is 0 Å². The Labute approximate surface area is 166 Å². The van der Waals surface area contributed by atoms with Gasteiger partial charge in [0, 0.05) is 43.6 Å². The molecule has 146 valence electrons. The summed E-state index contributed by atoms with van der Waals surface area (Å²) in [6.07, 6.45) is 1.91. The number of hydrogen-bond donors (Lipinski definition) is 1. The average Bonchev–Trinajstić information content (AvgIpc) is 2.95. The van der Waals surface area contributed by atoms with Crippen LogP contribution >= 0.6 is 11.6 Å². The molecule has 27 heavy (non-hydrogen) atoms. The second-order valence-corrected chi connectivity index (χ2v) is 8.22. The molecule has 0 radical (unpaired) electrons. The Morgan fingerprint density at radius 1 is 1.30 bits per heavy atom. The fourth-order valence-corrected chi connectivity index (χ4v) is 3.72. The van der Waals surface area contributed by atoms with Gasteiger partial charge in [-0.3, -0.25) is 9.69 Å². The van der Waals surface area contributed by atoms with Crippen molar-refractivity contribution in [2.75, 3.05) is 26.2 Å². The van der Waals surface area contributed by atoms with Crippen LogP contribution in [0.25, 0.3) is 0 Å². The first kappa shape index (κ1) is 19.9. The van der Waals surface area contributed by atoms with Crippen LogP contribution in [-0.2, 0) is 11.8 Å². The fraction of sp³-hybridized carbons (Fsp3) is 0.476. The zero-order chi connectivity index (χ0) is 19.6. The highest BCUT2D eigenvalue weighted by Crippen LogP contribution is 2.27. The molecule has 6 heteroatoms. The van der Waals surface area contributed by atoms with Crippen LogP contribution in [0.5, 0.6) is 0 Å². The third-order valence-corrected chi connectivity index (χ3v) is 5.49. The van der Waals surface area contributed by atoms with Crippen LogP contribution in [0.3, 0.4) is 0 Å². The molecule has 1 aliphatic rings. The molecule has 0 bridgehead atoms. The van der Waals surface area contributed by atoms with Gasteiger partial charge in [0.25, 0.3) is 5.91 Å². The minimum atomic E-state index is -0.205. The summed E-state index contributed by atoms with van der Waals surface area (Å²) in [4.78, 5) is 15.1. The first-order chi connectivity index (χ1) is 12.8. The highest BCUT2D eigenvalue weighted by Gasteiger charge is 2.32. The van der Waals surface area contributed by atoms with E-state index >= 15 is 0 Å². The Kier molecular flexibility index (Phi) is 5.94. The van der Waals surface area contributed by atoms with Crippen molar-refractivity contribution in [3.63, 3.8) is 0 Å². The van der Waals surface area contributed by atoms with Gasteiger partial charge < -0.3 is 14.6 Å². The maximum Gasteiger partial charge on any atom is 0.253 e. The topological polar surface area (TPSA) is 46.5 Å². The van der Waals surface area contributed by atoms with Crippen molar-refractivity contribution in [3.05, 3.63) is 58.4 Å². The monoisotopic (exact) mass is 389 g/mol. The van der Waals surface area contributed by atoms with Gasteiger partial charge in [0.05, 0.1) is 23.8 Å². The van der Waals surface area contributed by atoms with E-state index in [1.54, 1.807) is 0 Å². The van der Waals surface area contributed by atoms with Gasteiger partial charge in [-0.2, -0.15) is 0 Å². The largest absolute Gasteiger partial charge is 0.373 e. The molecular formula is C21H28ClN3O2. The Hall–Kier alpha value is -1.82. The molecule has 1 fully saturated rings. The first-order valence-corrected chi connectivity index (χ1v) is 9.68. The van der Waals surface area contributed by atoms with E-state index in [1.807, 2.05) is 55.1 Å². The Morgan fingerprint density at radius 2 is 2.00 bits per heavy atom. The molecule has 0 saturated carbocycles. The van der Waals surface area contributed by atoms with Crippen molar-refractivity contribution < 1.29 is 9.53 Å². The molecule has 1 aromatic carbocycles. The predicted molar refractivity (Wildman–Crippen MR) is 108 cm³/mol. The van der Waals surface area contributed by atoms with Crippen LogP contribution in [0.1, 0.15) is 41.5 Å². The lowest BCUT2D eigenvalue weighted by atomic mass is 10.0. The van der Waals surface area contributed by atoms with E-state index in [-0.39, 0.29) is 17.6 Å². The standard InChI is InChI=1S/C21H28ClN3O2/c1-15-18(9-10-24(15)4)20(26)23-13-19(16-5-7-17(22)8-6-16)25-11-12-27-21(2,3)14-25/h5-10,19H,11-14H2,1-4H3,(H,23,26). The molecule has 1 saturated heterocycles. The van der Waals surface area contributed by atoms with Gasteiger partial charge in [0.15, 0.2) is 0 Å². The second-order valence-electron chi connectivity index (χ2n) is 7.78. The molecule has 1 N–H and O–H groups in total. The lowest BCUT2D eigenvalue weighted by Gasteiger charge is -2.42. The summed E-state index contributed by atoms with van der Waals surface area (Å²) in [5, 5.41) is 3.84. The summed E-state index contributed by atoms with van der Waals surface area (Å²) in [5.41, 5.74) is 2.61. The zero-order valence-electron chi connectivity index (χ0n) is 16.5.